The normalized spacial score (nSPS) is 15.4. The third-order valence-corrected chi connectivity index (χ3v) is 4.71. The van der Waals surface area contributed by atoms with E-state index in [1.54, 1.807) is 25.7 Å². The standard InChI is InChI=1S/C19H19N4.C2H6N2.ClH.Pt/c1-13(20)23-11-10-14(12-23)21-19-15-6-2-4-8-17(15)22-18-9-5-3-7-16(18)19;3-1-2-4;;/h2-9,14H,10-12H2,1H3,(H,21,22);3-4H,1-2H2;1H;/q-1;-2;;+1/p-1/t14-;;;/m1.../s1. The smallest absolute Gasteiger partial charge is 0.171 e. The van der Waals surface area contributed by atoms with Crippen LogP contribution >= 0.6 is 9.42 Å². The van der Waals surface area contributed by atoms with Gasteiger partial charge in [0.2, 0.25) is 0 Å². The maximum Gasteiger partial charge on any atom is -0.171 e. The number of nitrogens with one attached hydrogen (secondary N) is 3. The van der Waals surface area contributed by atoms with Gasteiger partial charge in [-0.1, -0.05) is 42.2 Å². The van der Waals surface area contributed by atoms with Crippen molar-refractivity contribution in [2.24, 2.45) is 0 Å². The summed E-state index contributed by atoms with van der Waals surface area (Å²) in [7, 11) is 4.61. The van der Waals surface area contributed by atoms with Gasteiger partial charge in [-0.3, -0.25) is 0 Å². The summed E-state index contributed by atoms with van der Waals surface area (Å²) < 4.78 is 0. The fourth-order valence-corrected chi connectivity index (χ4v) is 3.37. The second kappa shape index (κ2) is 12.1. The monoisotopic (exact) mass is 591 g/mol. The molecule has 0 aliphatic carbocycles. The molecule has 2 heterocycles. The molecule has 0 bridgehead atoms. The minimum Gasteiger partial charge on any atom is -0.679 e. The maximum absolute atomic E-state index is 9.68. The van der Waals surface area contributed by atoms with E-state index in [1.165, 1.54) is 0 Å². The number of benzene rings is 2. The van der Waals surface area contributed by atoms with Crippen LogP contribution in [-0.4, -0.2) is 47.9 Å². The molecule has 1 aliphatic heterocycles. The van der Waals surface area contributed by atoms with Gasteiger partial charge < -0.3 is 27.1 Å². The van der Waals surface area contributed by atoms with E-state index in [-0.39, 0.29) is 13.1 Å². The van der Waals surface area contributed by atoms with Crippen LogP contribution in [-0.2, 0) is 18.8 Å². The molecule has 0 spiro atoms. The molecule has 159 valence electrons. The summed E-state index contributed by atoms with van der Waals surface area (Å²) in [6.07, 6.45) is 1.02. The molecule has 1 fully saturated rings. The van der Waals surface area contributed by atoms with Crippen LogP contribution in [0.15, 0.2) is 48.5 Å². The molecule has 29 heavy (non-hydrogen) atoms. The molecule has 1 saturated heterocycles. The number of para-hydroxylation sites is 2. The maximum atomic E-state index is 9.68. The number of rotatable bonds is 3. The molecule has 1 aliphatic rings. The Bertz CT molecular complexity index is 879. The zero-order valence-electron chi connectivity index (χ0n) is 16.3. The van der Waals surface area contributed by atoms with Gasteiger partial charge in [0.05, 0.1) is 16.7 Å². The minimum atomic E-state index is 0.236. The van der Waals surface area contributed by atoms with Gasteiger partial charge >= 0.3 is 28.2 Å². The SMILES string of the molecule is CC(=[N-])N1CC[C@@H](Nc2c3ccccc3nc3ccccc23)C1.[Cl][Pt].[NH-]CC[NH-]. The van der Waals surface area contributed by atoms with Gasteiger partial charge in [-0.2, -0.15) is 13.1 Å². The van der Waals surface area contributed by atoms with Crippen LogP contribution in [0.2, 0.25) is 0 Å². The summed E-state index contributed by atoms with van der Waals surface area (Å²) in [4.78, 5) is 6.78. The topological polar surface area (TPSA) is 98.1 Å². The molecule has 1 atom stereocenters. The average Bonchev–Trinajstić information content (AvgIpc) is 3.24. The molecule has 0 unspecified atom stereocenters. The first kappa shape index (κ1) is 23.6. The Balaban J connectivity index is 0.000000449. The molecule has 0 radical (unpaired) electrons. The van der Waals surface area contributed by atoms with Crippen molar-refractivity contribution in [2.75, 3.05) is 31.5 Å². The average molecular weight is 592 g/mol. The molecule has 1 aromatic heterocycles. The van der Waals surface area contributed by atoms with E-state index in [4.69, 9.17) is 16.5 Å². The predicted molar refractivity (Wildman–Crippen MR) is 121 cm³/mol. The first-order chi connectivity index (χ1) is 14.1. The van der Waals surface area contributed by atoms with Crippen LogP contribution in [0.4, 0.5) is 5.69 Å². The van der Waals surface area contributed by atoms with Gasteiger partial charge in [-0.15, -0.1) is 0 Å². The van der Waals surface area contributed by atoms with Crippen LogP contribution in [0.3, 0.4) is 0 Å². The van der Waals surface area contributed by atoms with Crippen molar-refractivity contribution in [3.05, 3.63) is 65.4 Å². The number of nitrogens with zero attached hydrogens (tertiary/aromatic N) is 3. The summed E-state index contributed by atoms with van der Waals surface area (Å²) in [6.45, 7) is 3.94. The minimum absolute atomic E-state index is 0.236. The Morgan fingerprint density at radius 1 is 1.10 bits per heavy atom. The van der Waals surface area contributed by atoms with Crippen molar-refractivity contribution in [3.63, 3.8) is 0 Å². The Morgan fingerprint density at radius 2 is 1.62 bits per heavy atom. The first-order valence-electron chi connectivity index (χ1n) is 9.36. The number of pyridine rings is 1. The Labute approximate surface area is 187 Å². The number of anilines is 1. The van der Waals surface area contributed by atoms with Crippen molar-refractivity contribution >= 4 is 42.7 Å². The molecular weight excluding hydrogens is 567 g/mol. The second-order valence-corrected chi connectivity index (χ2v) is 6.64. The number of hydrogen-bond acceptors (Lipinski definition) is 2. The summed E-state index contributed by atoms with van der Waals surface area (Å²) in [5, 5.41) is 15.7. The molecule has 0 saturated carbocycles. The summed E-state index contributed by atoms with van der Waals surface area (Å²) in [6, 6.07) is 16.8. The first-order valence-corrected chi connectivity index (χ1v) is 12.2. The molecule has 4 rings (SSSR count). The third kappa shape index (κ3) is 6.13. The number of hydrogen-bond donors (Lipinski definition) is 1. The van der Waals surface area contributed by atoms with Crippen molar-refractivity contribution in [1.82, 2.24) is 9.88 Å². The van der Waals surface area contributed by atoms with Gasteiger partial charge in [-0.05, 0) is 38.6 Å². The third-order valence-electron chi connectivity index (χ3n) is 4.71. The van der Waals surface area contributed by atoms with Crippen LogP contribution in [0, 0.1) is 0 Å². The fourth-order valence-electron chi connectivity index (χ4n) is 3.37. The van der Waals surface area contributed by atoms with Gasteiger partial charge in [0.25, 0.3) is 0 Å². The molecular formula is C21H25ClN6Pt-3. The fraction of sp³-hybridized carbons (Fsp3) is 0.333. The van der Waals surface area contributed by atoms with Crippen molar-refractivity contribution < 1.29 is 18.8 Å². The summed E-state index contributed by atoms with van der Waals surface area (Å²) in [5.41, 5.74) is 15.7. The van der Waals surface area contributed by atoms with Crippen molar-refractivity contribution in [1.29, 1.82) is 0 Å². The number of aromatic nitrogens is 1. The molecule has 0 amide bonds. The predicted octanol–water partition coefficient (Wildman–Crippen LogP) is 5.64. The summed E-state index contributed by atoms with van der Waals surface area (Å²) >= 11 is 1.61. The molecule has 3 N–H and O–H groups in total. The van der Waals surface area contributed by atoms with Crippen molar-refractivity contribution in [2.45, 2.75) is 19.4 Å². The largest absolute Gasteiger partial charge is 0.679 e. The van der Waals surface area contributed by atoms with Crippen LogP contribution in [0.1, 0.15) is 13.3 Å². The van der Waals surface area contributed by atoms with E-state index in [2.05, 4.69) is 51.1 Å². The van der Waals surface area contributed by atoms with E-state index in [0.717, 1.165) is 47.0 Å². The molecule has 6 nitrogen and oxygen atoms in total. The summed E-state index contributed by atoms with van der Waals surface area (Å²) in [5.74, 6) is 0.402. The Hall–Kier alpha value is -1.72. The molecule has 3 aromatic rings. The Morgan fingerprint density at radius 3 is 2.07 bits per heavy atom. The van der Waals surface area contributed by atoms with E-state index in [9.17, 15) is 5.41 Å². The second-order valence-electron chi connectivity index (χ2n) is 6.64. The van der Waals surface area contributed by atoms with E-state index in [1.807, 2.05) is 17.0 Å². The van der Waals surface area contributed by atoms with Gasteiger partial charge in [0, 0.05) is 16.8 Å². The molecule has 2 aromatic carbocycles. The van der Waals surface area contributed by atoms with E-state index in [0.29, 0.717) is 11.9 Å². The number of halogens is 1. The van der Waals surface area contributed by atoms with E-state index >= 15 is 0 Å². The van der Waals surface area contributed by atoms with Crippen molar-refractivity contribution in [3.8, 4) is 0 Å². The number of amidine groups is 1. The quantitative estimate of drug-likeness (QED) is 0.242. The molecule has 8 heteroatoms. The number of likely N-dealkylation sites (tertiary alicyclic amines) is 1. The van der Waals surface area contributed by atoms with Gasteiger partial charge in [0.1, 0.15) is 0 Å². The van der Waals surface area contributed by atoms with Gasteiger partial charge in [0.15, 0.2) is 0 Å². The van der Waals surface area contributed by atoms with E-state index < -0.39 is 0 Å². The van der Waals surface area contributed by atoms with Crippen LogP contribution < -0.4 is 5.32 Å². The number of fused-ring (bicyclic) bond motifs is 2. The van der Waals surface area contributed by atoms with Crippen LogP contribution in [0.5, 0.6) is 0 Å². The zero-order chi connectivity index (χ0) is 21.2. The Kier molecular flexibility index (Phi) is 9.81. The van der Waals surface area contributed by atoms with Gasteiger partial charge in [-0.25, -0.2) is 4.98 Å². The van der Waals surface area contributed by atoms with Crippen LogP contribution in [0.25, 0.3) is 38.7 Å². The zero-order valence-corrected chi connectivity index (χ0v) is 19.3.